The molecule has 1 aliphatic rings. The molecular formula is C11H16N2O2S. The summed E-state index contributed by atoms with van der Waals surface area (Å²) in [4.78, 5) is 17.3. The maximum Gasteiger partial charge on any atom is 0.367 e. The summed E-state index contributed by atoms with van der Waals surface area (Å²) in [7, 11) is 0. The summed E-state index contributed by atoms with van der Waals surface area (Å²) in [6.45, 7) is 7.30. The van der Waals surface area contributed by atoms with E-state index in [9.17, 15) is 4.79 Å². The molecule has 0 aliphatic carbocycles. The van der Waals surface area contributed by atoms with Gasteiger partial charge in [0.25, 0.3) is 0 Å². The lowest BCUT2D eigenvalue weighted by Crippen LogP contribution is -2.24. The van der Waals surface area contributed by atoms with Crippen LogP contribution in [0.4, 0.5) is 0 Å². The van der Waals surface area contributed by atoms with Gasteiger partial charge in [-0.05, 0) is 27.2 Å². The molecule has 0 amide bonds. The zero-order valence-corrected chi connectivity index (χ0v) is 10.6. The number of nitrogens with one attached hydrogen (secondary N) is 1. The molecule has 0 fully saturated rings. The number of aromatic nitrogens is 1. The largest absolute Gasteiger partial charge is 0.455 e. The Morgan fingerprint density at radius 2 is 2.25 bits per heavy atom. The molecule has 4 nitrogen and oxygen atoms in total. The molecule has 5 heteroatoms. The lowest BCUT2D eigenvalue weighted by atomic mass is 10.2. The Morgan fingerprint density at radius 1 is 1.50 bits per heavy atom. The van der Waals surface area contributed by atoms with E-state index < -0.39 is 5.60 Å². The highest BCUT2D eigenvalue weighted by Crippen LogP contribution is 2.23. The summed E-state index contributed by atoms with van der Waals surface area (Å²) in [5.74, 6) is -0.313. The Kier molecular flexibility index (Phi) is 2.99. The number of ether oxygens (including phenoxy) is 1. The lowest BCUT2D eigenvalue weighted by Gasteiger charge is -2.18. The molecule has 0 bridgehead atoms. The Hall–Kier alpha value is -0.940. The minimum absolute atomic E-state index is 0.313. The maximum atomic E-state index is 11.8. The third-order valence-electron chi connectivity index (χ3n) is 2.17. The van der Waals surface area contributed by atoms with Gasteiger partial charge in [0.15, 0.2) is 0 Å². The quantitative estimate of drug-likeness (QED) is 0.760. The molecule has 1 aromatic heterocycles. The van der Waals surface area contributed by atoms with Crippen LogP contribution in [-0.2, 0) is 17.7 Å². The standard InChI is InChI=1S/C11H16N2O2S/c1-11(2,3)15-10(14)9-13-7-6-12-5-4-8(7)16-9/h12H,4-6H2,1-3H3. The van der Waals surface area contributed by atoms with Crippen LogP contribution >= 0.6 is 11.3 Å². The molecule has 16 heavy (non-hydrogen) atoms. The zero-order chi connectivity index (χ0) is 11.8. The van der Waals surface area contributed by atoms with Gasteiger partial charge in [-0.2, -0.15) is 0 Å². The van der Waals surface area contributed by atoms with Gasteiger partial charge in [-0.3, -0.25) is 0 Å². The third kappa shape index (κ3) is 2.59. The van der Waals surface area contributed by atoms with Crippen LogP contribution in [-0.4, -0.2) is 23.1 Å². The maximum absolute atomic E-state index is 11.8. The molecule has 88 valence electrons. The molecule has 0 radical (unpaired) electrons. The molecule has 1 aliphatic heterocycles. The molecule has 0 unspecified atom stereocenters. The fraction of sp³-hybridized carbons (Fsp3) is 0.636. The first-order valence-electron chi connectivity index (χ1n) is 5.38. The number of hydrogen-bond donors (Lipinski definition) is 1. The predicted octanol–water partition coefficient (Wildman–Crippen LogP) is 1.74. The SMILES string of the molecule is CC(C)(C)OC(=O)c1nc2c(s1)CCNC2. The Morgan fingerprint density at radius 3 is 2.88 bits per heavy atom. The Bertz CT molecular complexity index is 383. The average Bonchev–Trinajstić information content (AvgIpc) is 2.58. The van der Waals surface area contributed by atoms with Crippen molar-refractivity contribution in [2.45, 2.75) is 39.3 Å². The second kappa shape index (κ2) is 4.14. The summed E-state index contributed by atoms with van der Waals surface area (Å²) in [6.07, 6.45) is 0.954. The average molecular weight is 240 g/mol. The zero-order valence-electron chi connectivity index (χ0n) is 9.79. The van der Waals surface area contributed by atoms with Crippen LogP contribution < -0.4 is 5.32 Å². The van der Waals surface area contributed by atoms with Crippen molar-refractivity contribution in [3.8, 4) is 0 Å². The molecule has 2 rings (SSSR count). The van der Waals surface area contributed by atoms with Gasteiger partial charge in [0, 0.05) is 18.0 Å². The van der Waals surface area contributed by atoms with Crippen LogP contribution in [0.25, 0.3) is 0 Å². The van der Waals surface area contributed by atoms with Gasteiger partial charge < -0.3 is 10.1 Å². The van der Waals surface area contributed by atoms with Crippen LogP contribution in [0.5, 0.6) is 0 Å². The first-order valence-corrected chi connectivity index (χ1v) is 6.20. The molecule has 1 aromatic rings. The molecule has 0 atom stereocenters. The molecule has 0 spiro atoms. The van der Waals surface area contributed by atoms with E-state index in [0.29, 0.717) is 5.01 Å². The van der Waals surface area contributed by atoms with Gasteiger partial charge in [-0.15, -0.1) is 11.3 Å². The van der Waals surface area contributed by atoms with Crippen molar-refractivity contribution in [3.05, 3.63) is 15.6 Å². The van der Waals surface area contributed by atoms with E-state index in [2.05, 4.69) is 10.3 Å². The number of rotatable bonds is 1. The second-order valence-corrected chi connectivity index (χ2v) is 5.90. The van der Waals surface area contributed by atoms with Crippen molar-refractivity contribution < 1.29 is 9.53 Å². The first kappa shape index (κ1) is 11.5. The van der Waals surface area contributed by atoms with Gasteiger partial charge in [-0.25, -0.2) is 9.78 Å². The highest BCUT2D eigenvalue weighted by atomic mass is 32.1. The molecule has 0 aromatic carbocycles. The summed E-state index contributed by atoms with van der Waals surface area (Å²) < 4.78 is 5.29. The highest BCUT2D eigenvalue weighted by Gasteiger charge is 2.23. The fourth-order valence-electron chi connectivity index (χ4n) is 1.53. The van der Waals surface area contributed by atoms with Crippen LogP contribution in [0.2, 0.25) is 0 Å². The monoisotopic (exact) mass is 240 g/mol. The van der Waals surface area contributed by atoms with Crippen molar-refractivity contribution >= 4 is 17.3 Å². The number of nitrogens with zero attached hydrogens (tertiary/aromatic N) is 1. The van der Waals surface area contributed by atoms with Crippen LogP contribution in [0.1, 0.15) is 41.1 Å². The van der Waals surface area contributed by atoms with Crippen molar-refractivity contribution in [1.29, 1.82) is 0 Å². The number of esters is 1. The van der Waals surface area contributed by atoms with Gasteiger partial charge >= 0.3 is 5.97 Å². The lowest BCUT2D eigenvalue weighted by molar-refractivity contribution is 0.00690. The van der Waals surface area contributed by atoms with E-state index in [0.717, 1.165) is 25.2 Å². The molecular weight excluding hydrogens is 224 g/mol. The number of fused-ring (bicyclic) bond motifs is 1. The number of carbonyl (C=O) groups excluding carboxylic acids is 1. The van der Waals surface area contributed by atoms with Gasteiger partial charge in [0.05, 0.1) is 5.69 Å². The Labute approximate surface area is 99.0 Å². The first-order chi connectivity index (χ1) is 7.46. The van der Waals surface area contributed by atoms with Crippen molar-refractivity contribution in [3.63, 3.8) is 0 Å². The third-order valence-corrected chi connectivity index (χ3v) is 3.31. The van der Waals surface area contributed by atoms with Gasteiger partial charge in [-0.1, -0.05) is 0 Å². The molecule has 2 heterocycles. The Balaban J connectivity index is 2.15. The van der Waals surface area contributed by atoms with Gasteiger partial charge in [0.2, 0.25) is 5.01 Å². The number of hydrogen-bond acceptors (Lipinski definition) is 5. The molecule has 0 saturated heterocycles. The van der Waals surface area contributed by atoms with E-state index >= 15 is 0 Å². The minimum Gasteiger partial charge on any atom is -0.455 e. The minimum atomic E-state index is -0.457. The molecule has 0 saturated carbocycles. The van der Waals surface area contributed by atoms with Crippen LogP contribution in [0.15, 0.2) is 0 Å². The van der Waals surface area contributed by atoms with E-state index in [1.807, 2.05) is 20.8 Å². The second-order valence-electron chi connectivity index (χ2n) is 4.82. The van der Waals surface area contributed by atoms with E-state index in [-0.39, 0.29) is 5.97 Å². The van der Waals surface area contributed by atoms with Crippen molar-refractivity contribution in [2.24, 2.45) is 0 Å². The molecule has 1 N–H and O–H groups in total. The van der Waals surface area contributed by atoms with Crippen molar-refractivity contribution in [2.75, 3.05) is 6.54 Å². The highest BCUT2D eigenvalue weighted by molar-refractivity contribution is 7.13. The normalized spacial score (nSPS) is 15.7. The number of thiazole rings is 1. The predicted molar refractivity (Wildman–Crippen MR) is 62.7 cm³/mol. The fourth-order valence-corrected chi connectivity index (χ4v) is 2.49. The van der Waals surface area contributed by atoms with E-state index in [1.54, 1.807) is 0 Å². The van der Waals surface area contributed by atoms with E-state index in [4.69, 9.17) is 4.74 Å². The smallest absolute Gasteiger partial charge is 0.367 e. The van der Waals surface area contributed by atoms with Gasteiger partial charge in [0.1, 0.15) is 5.60 Å². The van der Waals surface area contributed by atoms with Crippen LogP contribution in [0, 0.1) is 0 Å². The van der Waals surface area contributed by atoms with Crippen LogP contribution in [0.3, 0.4) is 0 Å². The van der Waals surface area contributed by atoms with E-state index in [1.165, 1.54) is 16.2 Å². The summed E-state index contributed by atoms with van der Waals surface area (Å²) in [5.41, 5.74) is 0.540. The topological polar surface area (TPSA) is 51.2 Å². The summed E-state index contributed by atoms with van der Waals surface area (Å²) in [5, 5.41) is 3.71. The number of carbonyl (C=O) groups is 1. The summed E-state index contributed by atoms with van der Waals surface area (Å²) >= 11 is 1.46. The summed E-state index contributed by atoms with van der Waals surface area (Å²) in [6, 6.07) is 0. The van der Waals surface area contributed by atoms with Crippen molar-refractivity contribution in [1.82, 2.24) is 10.3 Å².